The Kier molecular flexibility index (Phi) is 3.10. The van der Waals surface area contributed by atoms with Crippen LogP contribution in [0.5, 0.6) is 5.75 Å². The van der Waals surface area contributed by atoms with Crippen molar-refractivity contribution in [1.29, 1.82) is 0 Å². The summed E-state index contributed by atoms with van der Waals surface area (Å²) in [6.45, 7) is 2.34. The number of hydrogen-bond acceptors (Lipinski definition) is 3. The molecule has 1 aromatic rings. The van der Waals surface area contributed by atoms with Crippen LogP contribution in [-0.4, -0.2) is 42.6 Å². The Hall–Kier alpha value is -1.55. The van der Waals surface area contributed by atoms with Gasteiger partial charge in [-0.05, 0) is 19.2 Å². The molecule has 1 N–H and O–H groups in total. The third-order valence-electron chi connectivity index (χ3n) is 2.86. The fourth-order valence-electron chi connectivity index (χ4n) is 1.86. The highest BCUT2D eigenvalue weighted by Crippen LogP contribution is 2.21. The van der Waals surface area contributed by atoms with Gasteiger partial charge >= 0.3 is 0 Å². The molecular formula is C12H16N2O2. The maximum atomic E-state index is 11.9. The number of hydrogen-bond donors (Lipinski definition) is 1. The monoisotopic (exact) mass is 220 g/mol. The number of carbonyl (C=O) groups is 1. The van der Waals surface area contributed by atoms with Crippen LogP contribution in [0.15, 0.2) is 24.3 Å². The summed E-state index contributed by atoms with van der Waals surface area (Å²) >= 11 is 0. The lowest BCUT2D eigenvalue weighted by molar-refractivity contribution is -0.118. The molecule has 1 aliphatic heterocycles. The molecule has 2 rings (SSSR count). The van der Waals surface area contributed by atoms with Crippen molar-refractivity contribution in [2.45, 2.75) is 6.42 Å². The van der Waals surface area contributed by atoms with Gasteiger partial charge in [-0.25, -0.2) is 0 Å². The third-order valence-corrected chi connectivity index (χ3v) is 2.86. The molecule has 4 heteroatoms. The summed E-state index contributed by atoms with van der Waals surface area (Å²) in [5, 5.41) is 9.40. The normalized spacial score (nSPS) is 18.6. The summed E-state index contributed by atoms with van der Waals surface area (Å²) in [6.07, 6.45) is 0.534. The molecular weight excluding hydrogens is 204 g/mol. The van der Waals surface area contributed by atoms with E-state index >= 15 is 0 Å². The van der Waals surface area contributed by atoms with E-state index in [0.29, 0.717) is 13.0 Å². The Bertz CT molecular complexity index is 392. The van der Waals surface area contributed by atoms with E-state index in [9.17, 15) is 9.90 Å². The SMILES string of the molecule is CN1CCC(=O)N(c2cccc(O)c2)CC1. The lowest BCUT2D eigenvalue weighted by Gasteiger charge is -2.20. The van der Waals surface area contributed by atoms with Crippen molar-refractivity contribution in [3.63, 3.8) is 0 Å². The van der Waals surface area contributed by atoms with Crippen molar-refractivity contribution in [2.24, 2.45) is 0 Å². The minimum Gasteiger partial charge on any atom is -0.508 e. The Morgan fingerprint density at radius 1 is 1.25 bits per heavy atom. The second-order valence-corrected chi connectivity index (χ2v) is 4.12. The molecule has 0 saturated carbocycles. The van der Waals surface area contributed by atoms with Crippen LogP contribution in [-0.2, 0) is 4.79 Å². The number of benzene rings is 1. The van der Waals surface area contributed by atoms with Crippen LogP contribution in [0, 0.1) is 0 Å². The molecule has 4 nitrogen and oxygen atoms in total. The van der Waals surface area contributed by atoms with Crippen molar-refractivity contribution in [3.05, 3.63) is 24.3 Å². The third kappa shape index (κ3) is 2.33. The van der Waals surface area contributed by atoms with E-state index < -0.39 is 0 Å². The number of nitrogens with zero attached hydrogens (tertiary/aromatic N) is 2. The number of amides is 1. The predicted molar refractivity (Wildman–Crippen MR) is 62.6 cm³/mol. The lowest BCUT2D eigenvalue weighted by Crippen LogP contribution is -2.32. The molecule has 1 heterocycles. The highest BCUT2D eigenvalue weighted by molar-refractivity contribution is 5.93. The molecule has 0 atom stereocenters. The van der Waals surface area contributed by atoms with E-state index in [1.165, 1.54) is 0 Å². The Labute approximate surface area is 95.1 Å². The summed E-state index contributed by atoms with van der Waals surface area (Å²) in [5.41, 5.74) is 0.778. The number of phenolic OH excluding ortho intramolecular Hbond substituents is 1. The van der Waals surface area contributed by atoms with Gasteiger partial charge in [0.2, 0.25) is 5.91 Å². The largest absolute Gasteiger partial charge is 0.508 e. The topological polar surface area (TPSA) is 43.8 Å². The Morgan fingerprint density at radius 3 is 2.81 bits per heavy atom. The van der Waals surface area contributed by atoms with Gasteiger partial charge < -0.3 is 14.9 Å². The number of anilines is 1. The minimum atomic E-state index is 0.120. The number of likely N-dealkylation sites (N-methyl/N-ethyl adjacent to an activating group) is 1. The van der Waals surface area contributed by atoms with E-state index in [-0.39, 0.29) is 11.7 Å². The molecule has 0 unspecified atom stereocenters. The average molecular weight is 220 g/mol. The van der Waals surface area contributed by atoms with Gasteiger partial charge in [0.05, 0.1) is 0 Å². The van der Waals surface area contributed by atoms with Gasteiger partial charge in [-0.1, -0.05) is 6.07 Å². The predicted octanol–water partition coefficient (Wildman–Crippen LogP) is 1.06. The van der Waals surface area contributed by atoms with Gasteiger partial charge in [0.15, 0.2) is 0 Å². The molecule has 0 bridgehead atoms. The maximum Gasteiger partial charge on any atom is 0.228 e. The first-order chi connectivity index (χ1) is 7.66. The second kappa shape index (κ2) is 4.53. The molecule has 0 aromatic heterocycles. The summed E-state index contributed by atoms with van der Waals surface area (Å²) in [6, 6.07) is 6.84. The fourth-order valence-corrected chi connectivity index (χ4v) is 1.86. The van der Waals surface area contributed by atoms with E-state index in [1.54, 1.807) is 23.1 Å². The summed E-state index contributed by atoms with van der Waals surface area (Å²) < 4.78 is 0. The van der Waals surface area contributed by atoms with E-state index in [4.69, 9.17) is 0 Å². The van der Waals surface area contributed by atoms with Gasteiger partial charge in [0.1, 0.15) is 5.75 Å². The van der Waals surface area contributed by atoms with Gasteiger partial charge in [0, 0.05) is 37.8 Å². The molecule has 86 valence electrons. The molecule has 0 radical (unpaired) electrons. The van der Waals surface area contributed by atoms with Crippen LogP contribution in [0.1, 0.15) is 6.42 Å². The smallest absolute Gasteiger partial charge is 0.228 e. The zero-order valence-corrected chi connectivity index (χ0v) is 9.39. The van der Waals surface area contributed by atoms with Crippen molar-refractivity contribution >= 4 is 11.6 Å². The van der Waals surface area contributed by atoms with Crippen LogP contribution < -0.4 is 4.90 Å². The minimum absolute atomic E-state index is 0.120. The molecule has 0 spiro atoms. The second-order valence-electron chi connectivity index (χ2n) is 4.12. The zero-order valence-electron chi connectivity index (χ0n) is 9.39. The fraction of sp³-hybridized carbons (Fsp3) is 0.417. The van der Waals surface area contributed by atoms with Crippen LogP contribution >= 0.6 is 0 Å². The van der Waals surface area contributed by atoms with Gasteiger partial charge in [-0.2, -0.15) is 0 Å². The summed E-state index contributed by atoms with van der Waals surface area (Å²) in [4.78, 5) is 15.8. The average Bonchev–Trinajstić information content (AvgIpc) is 2.42. The quantitative estimate of drug-likeness (QED) is 0.769. The van der Waals surface area contributed by atoms with Crippen LogP contribution in [0.25, 0.3) is 0 Å². The first kappa shape index (κ1) is 11.0. The first-order valence-corrected chi connectivity index (χ1v) is 5.45. The van der Waals surface area contributed by atoms with E-state index in [1.807, 2.05) is 13.1 Å². The van der Waals surface area contributed by atoms with Crippen LogP contribution in [0.4, 0.5) is 5.69 Å². The number of aromatic hydroxyl groups is 1. The van der Waals surface area contributed by atoms with Crippen molar-refractivity contribution < 1.29 is 9.90 Å². The molecule has 1 fully saturated rings. The number of rotatable bonds is 1. The highest BCUT2D eigenvalue weighted by atomic mass is 16.3. The molecule has 1 aliphatic rings. The summed E-state index contributed by atoms with van der Waals surface area (Å²) in [7, 11) is 2.01. The standard InChI is InChI=1S/C12H16N2O2/c1-13-6-5-12(16)14(8-7-13)10-3-2-4-11(15)9-10/h2-4,9,15H,5-8H2,1H3. The van der Waals surface area contributed by atoms with Crippen molar-refractivity contribution in [3.8, 4) is 5.75 Å². The number of phenols is 1. The summed E-state index contributed by atoms with van der Waals surface area (Å²) in [5.74, 6) is 0.317. The molecule has 1 saturated heterocycles. The Balaban J connectivity index is 2.22. The molecule has 1 aromatic carbocycles. The molecule has 1 amide bonds. The lowest BCUT2D eigenvalue weighted by atomic mass is 10.2. The maximum absolute atomic E-state index is 11.9. The Morgan fingerprint density at radius 2 is 2.06 bits per heavy atom. The van der Waals surface area contributed by atoms with Crippen LogP contribution in [0.2, 0.25) is 0 Å². The van der Waals surface area contributed by atoms with Gasteiger partial charge in [-0.15, -0.1) is 0 Å². The van der Waals surface area contributed by atoms with Gasteiger partial charge in [0.25, 0.3) is 0 Å². The van der Waals surface area contributed by atoms with Gasteiger partial charge in [-0.3, -0.25) is 4.79 Å². The zero-order chi connectivity index (χ0) is 11.5. The van der Waals surface area contributed by atoms with E-state index in [2.05, 4.69) is 4.90 Å². The first-order valence-electron chi connectivity index (χ1n) is 5.45. The highest BCUT2D eigenvalue weighted by Gasteiger charge is 2.20. The van der Waals surface area contributed by atoms with Crippen LogP contribution in [0.3, 0.4) is 0 Å². The number of carbonyl (C=O) groups excluding carboxylic acids is 1. The van der Waals surface area contributed by atoms with E-state index in [0.717, 1.165) is 18.8 Å². The van der Waals surface area contributed by atoms with Crippen molar-refractivity contribution in [1.82, 2.24) is 4.90 Å². The molecule has 16 heavy (non-hydrogen) atoms. The molecule has 0 aliphatic carbocycles. The van der Waals surface area contributed by atoms with Crippen molar-refractivity contribution in [2.75, 3.05) is 31.6 Å².